The first-order chi connectivity index (χ1) is 15.1. The zero-order chi connectivity index (χ0) is 21.6. The standard InChI is InChI=1S/C23H22ClN5O2/c1-17-21(22(24)29(27-17)16-18-7-3-2-4-8-18)23(30)26-19-9-5-10-20(15-19)31-14-13-28-12-6-11-25-28/h2-12,15H,13-14,16H2,1H3,(H,26,30). The molecule has 0 aliphatic rings. The van der Waals surface area contributed by atoms with Crippen LogP contribution in [0.4, 0.5) is 5.69 Å². The Hall–Kier alpha value is -3.58. The fourth-order valence-electron chi connectivity index (χ4n) is 3.22. The molecule has 1 N–H and O–H groups in total. The van der Waals surface area contributed by atoms with E-state index in [4.69, 9.17) is 16.3 Å². The van der Waals surface area contributed by atoms with Crippen LogP contribution in [-0.2, 0) is 13.1 Å². The van der Waals surface area contributed by atoms with Gasteiger partial charge in [0.2, 0.25) is 0 Å². The number of nitrogens with one attached hydrogen (secondary N) is 1. The number of anilines is 1. The lowest BCUT2D eigenvalue weighted by Gasteiger charge is -2.09. The summed E-state index contributed by atoms with van der Waals surface area (Å²) in [6.07, 6.45) is 3.61. The number of aromatic nitrogens is 4. The molecule has 8 heteroatoms. The van der Waals surface area contributed by atoms with E-state index in [9.17, 15) is 4.79 Å². The van der Waals surface area contributed by atoms with E-state index in [2.05, 4.69) is 15.5 Å². The summed E-state index contributed by atoms with van der Waals surface area (Å²) >= 11 is 6.50. The molecule has 0 unspecified atom stereocenters. The Morgan fingerprint density at radius 1 is 1.13 bits per heavy atom. The Bertz CT molecular complexity index is 1160. The van der Waals surface area contributed by atoms with Crippen LogP contribution >= 0.6 is 11.6 Å². The molecule has 0 aliphatic heterocycles. The van der Waals surface area contributed by atoms with E-state index in [1.165, 1.54) is 0 Å². The molecule has 7 nitrogen and oxygen atoms in total. The van der Waals surface area contributed by atoms with Crippen molar-refractivity contribution in [3.8, 4) is 5.75 Å². The largest absolute Gasteiger partial charge is 0.492 e. The van der Waals surface area contributed by atoms with Crippen molar-refractivity contribution in [1.29, 1.82) is 0 Å². The number of carbonyl (C=O) groups is 1. The average Bonchev–Trinajstić information content (AvgIpc) is 3.37. The number of aryl methyl sites for hydroxylation is 1. The van der Waals surface area contributed by atoms with Crippen LogP contribution in [0.15, 0.2) is 73.1 Å². The van der Waals surface area contributed by atoms with Gasteiger partial charge in [-0.05, 0) is 30.7 Å². The minimum atomic E-state index is -0.310. The van der Waals surface area contributed by atoms with Crippen molar-refractivity contribution in [2.24, 2.45) is 0 Å². The smallest absolute Gasteiger partial charge is 0.260 e. The second-order valence-corrected chi connectivity index (χ2v) is 7.35. The molecule has 0 spiro atoms. The molecule has 31 heavy (non-hydrogen) atoms. The molecule has 2 aromatic heterocycles. The molecule has 0 bridgehead atoms. The number of hydrogen-bond donors (Lipinski definition) is 1. The lowest BCUT2D eigenvalue weighted by atomic mass is 10.2. The maximum absolute atomic E-state index is 12.9. The Kier molecular flexibility index (Phi) is 6.33. The van der Waals surface area contributed by atoms with Crippen LogP contribution < -0.4 is 10.1 Å². The van der Waals surface area contributed by atoms with Gasteiger partial charge in [0.05, 0.1) is 24.3 Å². The Balaban J connectivity index is 1.42. The average molecular weight is 436 g/mol. The summed E-state index contributed by atoms with van der Waals surface area (Å²) in [6, 6.07) is 19.0. The first-order valence-corrected chi connectivity index (χ1v) is 10.3. The zero-order valence-corrected chi connectivity index (χ0v) is 17.8. The fraction of sp³-hybridized carbons (Fsp3) is 0.174. The number of amides is 1. The number of rotatable bonds is 8. The topological polar surface area (TPSA) is 74.0 Å². The minimum absolute atomic E-state index is 0.310. The van der Waals surface area contributed by atoms with Crippen LogP contribution in [0.5, 0.6) is 5.75 Å². The van der Waals surface area contributed by atoms with E-state index in [0.717, 1.165) is 5.56 Å². The van der Waals surface area contributed by atoms with Crippen LogP contribution in [0.3, 0.4) is 0 Å². The quantitative estimate of drug-likeness (QED) is 0.444. The summed E-state index contributed by atoms with van der Waals surface area (Å²) in [7, 11) is 0. The molecule has 158 valence electrons. The normalized spacial score (nSPS) is 10.8. The highest BCUT2D eigenvalue weighted by Gasteiger charge is 2.20. The van der Waals surface area contributed by atoms with E-state index in [0.29, 0.717) is 47.5 Å². The molecule has 0 saturated carbocycles. The monoisotopic (exact) mass is 435 g/mol. The van der Waals surface area contributed by atoms with Crippen molar-refractivity contribution in [1.82, 2.24) is 19.6 Å². The number of halogens is 1. The lowest BCUT2D eigenvalue weighted by Crippen LogP contribution is -2.13. The van der Waals surface area contributed by atoms with Gasteiger partial charge in [0, 0.05) is 24.1 Å². The highest BCUT2D eigenvalue weighted by molar-refractivity contribution is 6.33. The van der Waals surface area contributed by atoms with Crippen LogP contribution in [-0.4, -0.2) is 32.1 Å². The second kappa shape index (κ2) is 9.49. The van der Waals surface area contributed by atoms with E-state index < -0.39 is 0 Å². The van der Waals surface area contributed by atoms with Crippen LogP contribution in [0.1, 0.15) is 21.6 Å². The molecule has 0 atom stereocenters. The SMILES string of the molecule is Cc1nn(Cc2ccccc2)c(Cl)c1C(=O)Nc1cccc(OCCn2cccn2)c1. The van der Waals surface area contributed by atoms with Gasteiger partial charge in [-0.3, -0.25) is 9.48 Å². The van der Waals surface area contributed by atoms with Crippen LogP contribution in [0.2, 0.25) is 5.15 Å². The highest BCUT2D eigenvalue weighted by Crippen LogP contribution is 2.24. The predicted octanol–water partition coefficient (Wildman–Crippen LogP) is 4.42. The van der Waals surface area contributed by atoms with Gasteiger partial charge >= 0.3 is 0 Å². The van der Waals surface area contributed by atoms with Gasteiger partial charge < -0.3 is 10.1 Å². The number of ether oxygens (including phenoxy) is 1. The molecule has 0 aliphatic carbocycles. The van der Waals surface area contributed by atoms with Crippen LogP contribution in [0.25, 0.3) is 0 Å². The van der Waals surface area contributed by atoms with E-state index >= 15 is 0 Å². The number of hydrogen-bond acceptors (Lipinski definition) is 4. The van der Waals surface area contributed by atoms with Crippen molar-refractivity contribution < 1.29 is 9.53 Å². The van der Waals surface area contributed by atoms with Gasteiger partial charge in [-0.2, -0.15) is 10.2 Å². The Morgan fingerprint density at radius 3 is 2.74 bits per heavy atom. The van der Waals surface area contributed by atoms with Gasteiger partial charge in [-0.15, -0.1) is 0 Å². The molecule has 2 aromatic carbocycles. The predicted molar refractivity (Wildman–Crippen MR) is 120 cm³/mol. The maximum atomic E-state index is 12.9. The summed E-state index contributed by atoms with van der Waals surface area (Å²) in [6.45, 7) is 3.37. The molecular weight excluding hydrogens is 414 g/mol. The molecular formula is C23H22ClN5O2. The summed E-state index contributed by atoms with van der Waals surface area (Å²) in [5.74, 6) is 0.350. The number of benzene rings is 2. The molecule has 2 heterocycles. The van der Waals surface area contributed by atoms with Gasteiger partial charge in [0.25, 0.3) is 5.91 Å². The van der Waals surface area contributed by atoms with Crippen molar-refractivity contribution in [2.75, 3.05) is 11.9 Å². The van der Waals surface area contributed by atoms with Crippen molar-refractivity contribution in [3.05, 3.63) is 95.0 Å². The first-order valence-electron chi connectivity index (χ1n) is 9.88. The summed E-state index contributed by atoms with van der Waals surface area (Å²) < 4.78 is 9.20. The third-order valence-corrected chi connectivity index (χ3v) is 5.09. The molecule has 4 rings (SSSR count). The molecule has 1 amide bonds. The summed E-state index contributed by atoms with van der Waals surface area (Å²) in [5.41, 5.74) is 2.61. The third-order valence-electron chi connectivity index (χ3n) is 4.71. The van der Waals surface area contributed by atoms with Crippen molar-refractivity contribution in [3.63, 3.8) is 0 Å². The minimum Gasteiger partial charge on any atom is -0.492 e. The van der Waals surface area contributed by atoms with Crippen molar-refractivity contribution >= 4 is 23.2 Å². The Labute approximate surface area is 185 Å². The molecule has 4 aromatic rings. The maximum Gasteiger partial charge on any atom is 0.260 e. The van der Waals surface area contributed by atoms with Gasteiger partial charge in [-0.25, -0.2) is 4.68 Å². The van der Waals surface area contributed by atoms with Crippen molar-refractivity contribution in [2.45, 2.75) is 20.0 Å². The first kappa shape index (κ1) is 20.7. The van der Waals surface area contributed by atoms with Crippen LogP contribution in [0, 0.1) is 6.92 Å². The Morgan fingerprint density at radius 2 is 1.97 bits per heavy atom. The highest BCUT2D eigenvalue weighted by atomic mass is 35.5. The van der Waals surface area contributed by atoms with E-state index in [1.54, 1.807) is 34.6 Å². The molecule has 0 radical (unpaired) electrons. The molecule has 0 saturated heterocycles. The third kappa shape index (κ3) is 5.13. The fourth-order valence-corrected chi connectivity index (χ4v) is 3.54. The molecule has 0 fully saturated rings. The summed E-state index contributed by atoms with van der Waals surface area (Å²) in [5, 5.41) is 11.8. The zero-order valence-electron chi connectivity index (χ0n) is 17.0. The summed E-state index contributed by atoms with van der Waals surface area (Å²) in [4.78, 5) is 12.9. The van der Waals surface area contributed by atoms with Gasteiger partial charge in [-0.1, -0.05) is 48.0 Å². The van der Waals surface area contributed by atoms with E-state index in [1.807, 2.05) is 54.7 Å². The van der Waals surface area contributed by atoms with E-state index in [-0.39, 0.29) is 5.91 Å². The lowest BCUT2D eigenvalue weighted by molar-refractivity contribution is 0.102. The van der Waals surface area contributed by atoms with Gasteiger partial charge in [0.1, 0.15) is 17.5 Å². The number of nitrogens with zero attached hydrogens (tertiary/aromatic N) is 4. The van der Waals surface area contributed by atoms with Gasteiger partial charge in [0.15, 0.2) is 0 Å². The second-order valence-electron chi connectivity index (χ2n) is 6.99. The number of carbonyl (C=O) groups excluding carboxylic acids is 1.